The molecule has 0 unspecified atom stereocenters. The van der Waals surface area contributed by atoms with Crippen LogP contribution in [0.2, 0.25) is 0 Å². The Labute approximate surface area is 162 Å². The van der Waals surface area contributed by atoms with Crippen LogP contribution in [-0.2, 0) is 24.4 Å². The highest BCUT2D eigenvalue weighted by atomic mass is 79.9. The van der Waals surface area contributed by atoms with Gasteiger partial charge in [-0.3, -0.25) is 18.7 Å². The van der Waals surface area contributed by atoms with Gasteiger partial charge in [0, 0.05) is 28.3 Å². The predicted octanol–water partition coefficient (Wildman–Crippen LogP) is 2.67. The molecule has 3 rings (SSSR count). The highest BCUT2D eigenvalue weighted by Crippen LogP contribution is 2.21. The van der Waals surface area contributed by atoms with E-state index in [0.29, 0.717) is 17.4 Å². The number of fused-ring (bicyclic) bond motifs is 1. The van der Waals surface area contributed by atoms with Crippen molar-refractivity contribution in [1.82, 2.24) is 14.0 Å². The van der Waals surface area contributed by atoms with Crippen molar-refractivity contribution in [3.05, 3.63) is 65.9 Å². The second-order valence-electron chi connectivity index (χ2n) is 5.92. The summed E-state index contributed by atoms with van der Waals surface area (Å²) in [4.78, 5) is 40.5. The molecule has 0 N–H and O–H groups in total. The maximum absolute atomic E-state index is 12.7. The Kier molecular flexibility index (Phi) is 5.43. The van der Waals surface area contributed by atoms with Crippen LogP contribution in [0, 0.1) is 0 Å². The highest BCUT2D eigenvalue weighted by Gasteiger charge is 2.17. The molecule has 26 heavy (non-hydrogen) atoms. The molecular formula is C18H18BrN3O3S. The van der Waals surface area contributed by atoms with Crippen LogP contribution in [0.3, 0.4) is 0 Å². The summed E-state index contributed by atoms with van der Waals surface area (Å²) in [6.45, 7) is 2.36. The standard InChI is InChI=1S/C18H18BrN3O3S/c1-3-21-17(24)14-6-4-5-7-15(14)22(18(21)25)10-16(23)20(2)9-13-8-12(19)11-26-13/h4-8,11H,3,9-10H2,1-2H3. The molecule has 2 aromatic heterocycles. The van der Waals surface area contributed by atoms with E-state index in [9.17, 15) is 14.4 Å². The van der Waals surface area contributed by atoms with Gasteiger partial charge < -0.3 is 4.90 Å². The number of aromatic nitrogens is 2. The van der Waals surface area contributed by atoms with Gasteiger partial charge in [-0.1, -0.05) is 12.1 Å². The van der Waals surface area contributed by atoms with Crippen molar-refractivity contribution in [2.45, 2.75) is 26.6 Å². The molecular weight excluding hydrogens is 418 g/mol. The van der Waals surface area contributed by atoms with Crippen LogP contribution in [0.4, 0.5) is 0 Å². The molecule has 0 spiro atoms. The minimum atomic E-state index is -0.461. The lowest BCUT2D eigenvalue weighted by molar-refractivity contribution is -0.131. The summed E-state index contributed by atoms with van der Waals surface area (Å²) in [6.07, 6.45) is 0. The van der Waals surface area contributed by atoms with E-state index in [4.69, 9.17) is 0 Å². The van der Waals surface area contributed by atoms with Gasteiger partial charge in [0.1, 0.15) is 6.54 Å². The minimum Gasteiger partial charge on any atom is -0.339 e. The van der Waals surface area contributed by atoms with Gasteiger partial charge in [-0.15, -0.1) is 11.3 Å². The van der Waals surface area contributed by atoms with Crippen molar-refractivity contribution >= 4 is 44.1 Å². The van der Waals surface area contributed by atoms with Crippen LogP contribution in [0.5, 0.6) is 0 Å². The van der Waals surface area contributed by atoms with E-state index < -0.39 is 5.69 Å². The van der Waals surface area contributed by atoms with E-state index in [0.717, 1.165) is 13.9 Å². The van der Waals surface area contributed by atoms with E-state index >= 15 is 0 Å². The van der Waals surface area contributed by atoms with Gasteiger partial charge >= 0.3 is 5.69 Å². The van der Waals surface area contributed by atoms with Crippen LogP contribution in [0.25, 0.3) is 10.9 Å². The number of hydrogen-bond donors (Lipinski definition) is 0. The van der Waals surface area contributed by atoms with Crippen LogP contribution in [0.1, 0.15) is 11.8 Å². The van der Waals surface area contributed by atoms with E-state index in [-0.39, 0.29) is 24.6 Å². The zero-order valence-electron chi connectivity index (χ0n) is 14.4. The van der Waals surface area contributed by atoms with Gasteiger partial charge in [-0.2, -0.15) is 0 Å². The number of likely N-dealkylation sites (N-methyl/N-ethyl adjacent to an activating group) is 1. The van der Waals surface area contributed by atoms with E-state index in [1.807, 2.05) is 11.4 Å². The van der Waals surface area contributed by atoms with Crippen molar-refractivity contribution in [3.8, 4) is 0 Å². The SMILES string of the molecule is CCn1c(=O)c2ccccc2n(CC(=O)N(C)Cc2cc(Br)cs2)c1=O. The fourth-order valence-corrected chi connectivity index (χ4v) is 4.32. The number of carbonyl (C=O) groups excluding carboxylic acids is 1. The molecule has 1 amide bonds. The second kappa shape index (κ2) is 7.59. The molecule has 2 heterocycles. The number of benzene rings is 1. The number of carbonyl (C=O) groups is 1. The summed E-state index contributed by atoms with van der Waals surface area (Å²) in [5.41, 5.74) is -0.307. The van der Waals surface area contributed by atoms with Crippen molar-refractivity contribution in [2.75, 3.05) is 7.05 Å². The quantitative estimate of drug-likeness (QED) is 0.618. The summed E-state index contributed by atoms with van der Waals surface area (Å²) in [7, 11) is 1.71. The van der Waals surface area contributed by atoms with Crippen molar-refractivity contribution in [2.24, 2.45) is 0 Å². The van der Waals surface area contributed by atoms with Crippen LogP contribution in [0.15, 0.2) is 49.8 Å². The molecule has 0 radical (unpaired) electrons. The predicted molar refractivity (Wildman–Crippen MR) is 107 cm³/mol. The molecule has 0 aliphatic heterocycles. The fourth-order valence-electron chi connectivity index (χ4n) is 2.82. The molecule has 0 aliphatic rings. The summed E-state index contributed by atoms with van der Waals surface area (Å²) in [6, 6.07) is 8.85. The fraction of sp³-hybridized carbons (Fsp3) is 0.278. The molecule has 0 atom stereocenters. The van der Waals surface area contributed by atoms with Gasteiger partial charge in [0.15, 0.2) is 0 Å². The Balaban J connectivity index is 1.96. The van der Waals surface area contributed by atoms with Crippen LogP contribution in [-0.4, -0.2) is 27.0 Å². The topological polar surface area (TPSA) is 64.3 Å². The first-order valence-electron chi connectivity index (χ1n) is 8.11. The summed E-state index contributed by atoms with van der Waals surface area (Å²) in [5, 5.41) is 2.40. The minimum absolute atomic E-state index is 0.108. The first-order chi connectivity index (χ1) is 12.4. The summed E-state index contributed by atoms with van der Waals surface area (Å²) >= 11 is 4.96. The lowest BCUT2D eigenvalue weighted by Crippen LogP contribution is -2.42. The third kappa shape index (κ3) is 3.52. The molecule has 0 saturated heterocycles. The molecule has 0 bridgehead atoms. The lowest BCUT2D eigenvalue weighted by atomic mass is 10.2. The largest absolute Gasteiger partial charge is 0.339 e. The highest BCUT2D eigenvalue weighted by molar-refractivity contribution is 9.10. The Hall–Kier alpha value is -2.19. The molecule has 6 nitrogen and oxygen atoms in total. The molecule has 1 aromatic carbocycles. The maximum Gasteiger partial charge on any atom is 0.331 e. The smallest absolute Gasteiger partial charge is 0.331 e. The normalized spacial score (nSPS) is 11.0. The first kappa shape index (κ1) is 18.6. The van der Waals surface area contributed by atoms with Crippen LogP contribution >= 0.6 is 27.3 Å². The molecule has 0 fully saturated rings. The Bertz CT molecular complexity index is 1080. The lowest BCUT2D eigenvalue weighted by Gasteiger charge is -2.18. The van der Waals surface area contributed by atoms with E-state index in [1.54, 1.807) is 54.5 Å². The number of hydrogen-bond acceptors (Lipinski definition) is 4. The van der Waals surface area contributed by atoms with Gasteiger partial charge in [0.05, 0.1) is 17.4 Å². The average molecular weight is 436 g/mol. The third-order valence-corrected chi connectivity index (χ3v) is 5.86. The number of rotatable bonds is 5. The Morgan fingerprint density at radius 3 is 2.62 bits per heavy atom. The number of nitrogens with zero attached hydrogens (tertiary/aromatic N) is 3. The third-order valence-electron chi connectivity index (χ3n) is 4.18. The second-order valence-corrected chi connectivity index (χ2v) is 7.83. The van der Waals surface area contributed by atoms with Gasteiger partial charge in [-0.25, -0.2) is 4.79 Å². The number of halogens is 1. The molecule has 0 saturated carbocycles. The van der Waals surface area contributed by atoms with Crippen molar-refractivity contribution in [3.63, 3.8) is 0 Å². The average Bonchev–Trinajstić information content (AvgIpc) is 3.03. The zero-order valence-corrected chi connectivity index (χ0v) is 16.8. The Morgan fingerprint density at radius 2 is 1.96 bits per heavy atom. The summed E-state index contributed by atoms with van der Waals surface area (Å²) in [5.74, 6) is -0.192. The zero-order chi connectivity index (χ0) is 18.8. The molecule has 8 heteroatoms. The molecule has 136 valence electrons. The maximum atomic E-state index is 12.7. The van der Waals surface area contributed by atoms with Crippen molar-refractivity contribution in [1.29, 1.82) is 0 Å². The van der Waals surface area contributed by atoms with Crippen LogP contribution < -0.4 is 11.2 Å². The number of thiophene rings is 1. The first-order valence-corrected chi connectivity index (χ1v) is 9.79. The summed E-state index contributed by atoms with van der Waals surface area (Å²) < 4.78 is 3.52. The number of amides is 1. The van der Waals surface area contributed by atoms with E-state index in [2.05, 4.69) is 15.9 Å². The Morgan fingerprint density at radius 1 is 1.23 bits per heavy atom. The van der Waals surface area contributed by atoms with E-state index in [1.165, 1.54) is 4.57 Å². The van der Waals surface area contributed by atoms with Gasteiger partial charge in [-0.05, 0) is 41.1 Å². The van der Waals surface area contributed by atoms with Crippen molar-refractivity contribution < 1.29 is 4.79 Å². The molecule has 0 aliphatic carbocycles. The van der Waals surface area contributed by atoms with Gasteiger partial charge in [0.2, 0.25) is 5.91 Å². The monoisotopic (exact) mass is 435 g/mol. The molecule has 3 aromatic rings. The van der Waals surface area contributed by atoms with Gasteiger partial charge in [0.25, 0.3) is 5.56 Å². The number of para-hydroxylation sites is 1.